The van der Waals surface area contributed by atoms with Gasteiger partial charge in [0.05, 0.1) is 5.56 Å². The average Bonchev–Trinajstić information content (AvgIpc) is 1.59. The second kappa shape index (κ2) is 76.2. The van der Waals surface area contributed by atoms with Crippen LogP contribution in [0.3, 0.4) is 0 Å². The molecule has 600 valence electrons. The maximum atomic E-state index is 13.0. The minimum Gasteiger partial charge on any atom is -0.0654 e. The minimum absolute atomic E-state index is 0.812. The predicted molar refractivity (Wildman–Crippen MR) is 470 cm³/mol. The summed E-state index contributed by atoms with van der Waals surface area (Å²) in [6.07, 6.45) is 88.9. The first-order chi connectivity index (χ1) is 52.4. The summed E-state index contributed by atoms with van der Waals surface area (Å²) in [5, 5.41) is 0. The third kappa shape index (κ3) is 53.6. The van der Waals surface area contributed by atoms with Crippen LogP contribution in [0.15, 0.2) is 47.5 Å². The molecule has 0 amide bonds. The van der Waals surface area contributed by atoms with E-state index in [1.54, 1.807) is 4.70 Å². The van der Waals surface area contributed by atoms with Crippen molar-refractivity contribution in [3.05, 3.63) is 86.5 Å². The fraction of sp³-hybridized carbons (Fsp3) is 0.748. The molecular weight excluding hydrogens is 1320 g/mol. The number of aryl methyl sites for hydroxylation is 4. The summed E-state index contributed by atoms with van der Waals surface area (Å²) in [5.41, 5.74) is 24.6. The van der Waals surface area contributed by atoms with Crippen LogP contribution in [-0.2, 0) is 40.1 Å². The summed E-state index contributed by atoms with van der Waals surface area (Å²) in [6.45, 7) is 18.1. The van der Waals surface area contributed by atoms with E-state index >= 15 is 0 Å². The van der Waals surface area contributed by atoms with E-state index in [4.69, 9.17) is 0 Å². The first-order valence-corrected chi connectivity index (χ1v) is 47.6. The molecule has 0 saturated carbocycles. The molecule has 2 aromatic carbocycles. The van der Waals surface area contributed by atoms with Gasteiger partial charge in [-0.05, 0) is 105 Å². The van der Waals surface area contributed by atoms with Crippen molar-refractivity contribution in [1.82, 2.24) is 0 Å². The summed E-state index contributed by atoms with van der Waals surface area (Å²) < 4.78 is 1.60. The molecule has 0 spiro atoms. The molecule has 0 aliphatic carbocycles. The Bertz CT molecular complexity index is 2770. The Kier molecular flexibility index (Phi) is 70.4. The van der Waals surface area contributed by atoms with E-state index in [9.17, 15) is 5.53 Å². The van der Waals surface area contributed by atoms with Gasteiger partial charge >= 0.3 is 164 Å². The molecule has 106 heavy (non-hydrogen) atoms. The Labute approximate surface area is 668 Å². The fourth-order valence-electron chi connectivity index (χ4n) is 14.8. The molecule has 0 saturated heterocycles. The maximum absolute atomic E-state index is 13.0. The van der Waals surface area contributed by atoms with Gasteiger partial charge in [-0.25, -0.2) is 4.70 Å². The molecule has 0 bridgehead atoms. The summed E-state index contributed by atoms with van der Waals surface area (Å²) >= 11 is 1.32. The average molecular weight is 1490 g/mol. The second-order valence-corrected chi connectivity index (χ2v) is 32.5. The van der Waals surface area contributed by atoms with Crippen molar-refractivity contribution >= 4 is 11.4 Å². The van der Waals surface area contributed by atoms with Gasteiger partial charge in [-0.15, -0.1) is 23.7 Å². The summed E-state index contributed by atoms with van der Waals surface area (Å²) in [7, 11) is 0. The van der Waals surface area contributed by atoms with E-state index < -0.39 is 0 Å². The zero-order valence-electron chi connectivity index (χ0n) is 71.5. The van der Waals surface area contributed by atoms with Crippen LogP contribution in [0.4, 0.5) is 0 Å². The molecule has 1 aliphatic heterocycles. The van der Waals surface area contributed by atoms with Gasteiger partial charge in [0.15, 0.2) is 0 Å². The third-order valence-corrected chi connectivity index (χ3v) is 22.3. The summed E-state index contributed by atoms with van der Waals surface area (Å²) in [6, 6.07) is 14.1. The van der Waals surface area contributed by atoms with Gasteiger partial charge in [0.1, 0.15) is 5.57 Å². The smallest absolute Gasteiger partial charge is 0.0654 e. The molecule has 2 nitrogen and oxygen atoms in total. The van der Waals surface area contributed by atoms with Crippen molar-refractivity contribution in [2.45, 2.75) is 498 Å². The van der Waals surface area contributed by atoms with E-state index in [0.717, 1.165) is 169 Å². The third-order valence-electron chi connectivity index (χ3n) is 21.7. The van der Waals surface area contributed by atoms with E-state index in [1.165, 1.54) is 344 Å². The standard InChI is InChI=1S/C71H110N2.2C16H29.Ni/c1-7-13-19-22-23-24-25-26-27-28-29-30-31-32-33-34-35-36-37-38-39-40-41-42-45-49-55-67-66(54-46-16-10-4)70(68-60-62(50-17-11-5)56-58-64(68)52-47-43-20-14-8-2)73(72)71(67)69-61-63(51-18-12-6)57-59-65(69)53-48-44-21-15-9-3;2*1-3-5-7-9-11-13-15-16-14-12-10-8-6-4-2;/h56-61H,7-19,22-42,45-48,50-54H2,1-6H3;2*3,5-16H2,1H3;. The quantitative estimate of drug-likeness (QED) is 0.0273. The summed E-state index contributed by atoms with van der Waals surface area (Å²) in [5.74, 6) is 27.9. The van der Waals surface area contributed by atoms with Crippen LogP contribution in [0.5, 0.6) is 0 Å². The number of rotatable bonds is 66. The van der Waals surface area contributed by atoms with Crippen LogP contribution in [0, 0.1) is 57.1 Å². The number of nitrogens with zero attached hydrogens (tertiary/aromatic N) is 2. The van der Waals surface area contributed by atoms with Crippen molar-refractivity contribution in [1.29, 1.82) is 0 Å². The van der Waals surface area contributed by atoms with Gasteiger partial charge < -0.3 is 5.53 Å². The first-order valence-electron chi connectivity index (χ1n) is 46.6. The van der Waals surface area contributed by atoms with Gasteiger partial charge in [-0.1, -0.05) is 303 Å². The fourth-order valence-corrected chi connectivity index (χ4v) is 15.3. The van der Waals surface area contributed by atoms with E-state index in [2.05, 4.69) is 149 Å². The van der Waals surface area contributed by atoms with Crippen molar-refractivity contribution in [3.8, 4) is 57.1 Å². The number of hydrogen-bond acceptors (Lipinski definition) is 0. The van der Waals surface area contributed by atoms with Gasteiger partial charge in [0.25, 0.3) is 0 Å². The van der Waals surface area contributed by atoms with E-state index in [0.29, 0.717) is 0 Å². The van der Waals surface area contributed by atoms with Gasteiger partial charge in [0.2, 0.25) is 11.4 Å². The second-order valence-electron chi connectivity index (χ2n) is 31.8. The molecule has 3 heteroatoms. The Balaban J connectivity index is 0.000000967. The van der Waals surface area contributed by atoms with E-state index in [1.807, 2.05) is 0 Å². The number of benzene rings is 2. The van der Waals surface area contributed by atoms with Gasteiger partial charge in [-0.3, -0.25) is 0 Å². The number of allylic oxidation sites excluding steroid dienone is 2. The van der Waals surface area contributed by atoms with Crippen molar-refractivity contribution in [2.75, 3.05) is 0 Å². The summed E-state index contributed by atoms with van der Waals surface area (Å²) in [4.78, 5) is 6.37. The van der Waals surface area contributed by atoms with Crippen LogP contribution in [-0.4, -0.2) is 4.70 Å². The normalized spacial score (nSPS) is 11.8. The molecule has 0 atom stereocenters. The molecule has 3 rings (SSSR count). The number of hydrogen-bond donors (Lipinski definition) is 0. The van der Waals surface area contributed by atoms with Crippen molar-refractivity contribution < 1.29 is 19.1 Å². The molecule has 0 radical (unpaired) electrons. The van der Waals surface area contributed by atoms with Crippen LogP contribution in [0.25, 0.3) is 16.9 Å². The molecule has 0 fully saturated rings. The Morgan fingerprint density at radius 1 is 0.255 bits per heavy atom. The molecule has 1 aliphatic rings. The zero-order valence-corrected chi connectivity index (χ0v) is 72.5. The van der Waals surface area contributed by atoms with Crippen LogP contribution >= 0.6 is 0 Å². The van der Waals surface area contributed by atoms with Crippen LogP contribution in [0.2, 0.25) is 0 Å². The molecular formula is C103H168N2Ni. The van der Waals surface area contributed by atoms with Crippen LogP contribution < -0.4 is 0 Å². The Hall–Kier alpha value is -4.19. The molecule has 2 aromatic rings. The monoisotopic (exact) mass is 1490 g/mol. The molecule has 0 aromatic heterocycles. The first kappa shape index (κ1) is 97.9. The molecule has 0 unspecified atom stereocenters. The van der Waals surface area contributed by atoms with Gasteiger partial charge in [0, 0.05) is 43.2 Å². The van der Waals surface area contributed by atoms with Crippen molar-refractivity contribution in [2.24, 2.45) is 0 Å². The van der Waals surface area contributed by atoms with E-state index in [-0.39, 0.29) is 0 Å². The Morgan fingerprint density at radius 2 is 0.538 bits per heavy atom. The van der Waals surface area contributed by atoms with Gasteiger partial charge in [-0.2, -0.15) is 0 Å². The topological polar surface area (TPSA) is 25.3 Å². The van der Waals surface area contributed by atoms with Crippen molar-refractivity contribution in [3.63, 3.8) is 0 Å². The minimum atomic E-state index is 0.812. The SMILES string of the molecule is CCCC#CCCc1ccc(CCCC)cc1C1=C(C#CCCCCCCCCCCCCCCCCCCCCCCCCCC)C(CCCCC)=C(c2cc(CCCC)ccc2CCC#CCCC)[N+]1=[N-].CCCCCCCCCCCCCCC#[C][Ni][C]#CCCCCCCCCCCCCCC. The molecule has 1 heterocycles. The predicted octanol–water partition coefficient (Wildman–Crippen LogP) is 33.5. The zero-order chi connectivity index (χ0) is 76.2. The number of unbranched alkanes of at least 4 members (excludes halogenated alkanes) is 54. The molecule has 0 N–H and O–H groups in total. The Morgan fingerprint density at radius 3 is 0.858 bits per heavy atom. The van der Waals surface area contributed by atoms with Crippen LogP contribution in [0.1, 0.15) is 506 Å².